The van der Waals surface area contributed by atoms with Gasteiger partial charge in [-0.25, -0.2) is 9.97 Å². The second-order valence-corrected chi connectivity index (χ2v) is 6.93. The fraction of sp³-hybridized carbons (Fsp3) is 0.455. The van der Waals surface area contributed by atoms with Crippen LogP contribution in [0.2, 0.25) is 0 Å². The van der Waals surface area contributed by atoms with Gasteiger partial charge in [-0.1, -0.05) is 82.2 Å². The van der Waals surface area contributed by atoms with E-state index in [0.717, 1.165) is 29.3 Å². The van der Waals surface area contributed by atoms with E-state index in [2.05, 4.69) is 29.4 Å². The maximum absolute atomic E-state index is 4.72. The van der Waals surface area contributed by atoms with Gasteiger partial charge in [0.05, 0.1) is 5.69 Å². The number of nitrogens with one attached hydrogen (secondary N) is 1. The smallest absolute Gasteiger partial charge is 0.142 e. The summed E-state index contributed by atoms with van der Waals surface area (Å²) in [6, 6.07) is 12.3. The monoisotopic (exact) mass is 350 g/mol. The van der Waals surface area contributed by atoms with Gasteiger partial charge >= 0.3 is 0 Å². The normalized spacial score (nSPS) is 11.1. The van der Waals surface area contributed by atoms with Gasteiger partial charge in [-0.3, -0.25) is 4.40 Å². The Morgan fingerprint density at radius 1 is 0.923 bits per heavy atom. The Hall–Kier alpha value is -2.36. The van der Waals surface area contributed by atoms with E-state index < -0.39 is 0 Å². The predicted molar refractivity (Wildman–Crippen MR) is 110 cm³/mol. The summed E-state index contributed by atoms with van der Waals surface area (Å²) in [7, 11) is 0. The standard InChI is InChI=1S/C22H30N4/c1-2-3-4-5-6-7-8-12-15-23-21-16-22-25-20(17-26(22)18-24-21)19-13-10-9-11-14-19/h9-11,13-14,16-18,23H,2-8,12,15H2,1H3. The number of unbranched alkanes of at least 4 members (excludes halogenated alkanes) is 7. The highest BCUT2D eigenvalue weighted by Gasteiger charge is 2.05. The van der Waals surface area contributed by atoms with Gasteiger partial charge in [0.25, 0.3) is 0 Å². The van der Waals surface area contributed by atoms with Crippen molar-refractivity contribution in [2.45, 2.75) is 58.3 Å². The molecule has 0 aliphatic rings. The van der Waals surface area contributed by atoms with Crippen LogP contribution in [0, 0.1) is 0 Å². The molecule has 26 heavy (non-hydrogen) atoms. The van der Waals surface area contributed by atoms with Gasteiger partial charge in [0.1, 0.15) is 17.8 Å². The SMILES string of the molecule is CCCCCCCCCCNc1cc2nc(-c3ccccc3)cn2cn1. The number of hydrogen-bond donors (Lipinski definition) is 1. The van der Waals surface area contributed by atoms with Crippen LogP contribution in [0.25, 0.3) is 16.9 Å². The van der Waals surface area contributed by atoms with Gasteiger partial charge < -0.3 is 5.32 Å². The largest absolute Gasteiger partial charge is 0.370 e. The zero-order chi connectivity index (χ0) is 18.0. The number of hydrogen-bond acceptors (Lipinski definition) is 3. The summed E-state index contributed by atoms with van der Waals surface area (Å²) < 4.78 is 1.98. The number of aromatic nitrogens is 3. The van der Waals surface area contributed by atoms with Gasteiger partial charge in [0.2, 0.25) is 0 Å². The number of imidazole rings is 1. The van der Waals surface area contributed by atoms with Crippen LogP contribution < -0.4 is 5.32 Å². The zero-order valence-electron chi connectivity index (χ0n) is 15.8. The average Bonchev–Trinajstić information content (AvgIpc) is 3.11. The van der Waals surface area contributed by atoms with Crippen LogP contribution in [0.15, 0.2) is 48.9 Å². The molecule has 2 aromatic heterocycles. The van der Waals surface area contributed by atoms with Crippen molar-refractivity contribution in [2.24, 2.45) is 0 Å². The number of anilines is 1. The minimum absolute atomic E-state index is 0.908. The van der Waals surface area contributed by atoms with Crippen LogP contribution in [0.3, 0.4) is 0 Å². The molecule has 0 amide bonds. The second-order valence-electron chi connectivity index (χ2n) is 6.93. The molecule has 4 heteroatoms. The van der Waals surface area contributed by atoms with Crippen LogP contribution in [-0.4, -0.2) is 20.9 Å². The van der Waals surface area contributed by atoms with Gasteiger partial charge in [-0.05, 0) is 6.42 Å². The molecule has 0 spiro atoms. The summed E-state index contributed by atoms with van der Waals surface area (Å²) >= 11 is 0. The predicted octanol–water partition coefficient (Wildman–Crippen LogP) is 5.95. The molecule has 0 atom stereocenters. The van der Waals surface area contributed by atoms with Crippen molar-refractivity contribution in [3.05, 3.63) is 48.9 Å². The van der Waals surface area contributed by atoms with Crippen molar-refractivity contribution in [3.63, 3.8) is 0 Å². The van der Waals surface area contributed by atoms with E-state index in [-0.39, 0.29) is 0 Å². The van der Waals surface area contributed by atoms with Gasteiger partial charge in [-0.15, -0.1) is 0 Å². The molecule has 4 nitrogen and oxygen atoms in total. The minimum atomic E-state index is 0.908. The molecule has 0 aliphatic carbocycles. The molecular weight excluding hydrogens is 320 g/mol. The second kappa shape index (κ2) is 9.95. The maximum Gasteiger partial charge on any atom is 0.142 e. The van der Waals surface area contributed by atoms with Crippen molar-refractivity contribution < 1.29 is 0 Å². The molecule has 0 aliphatic heterocycles. The molecule has 0 saturated carbocycles. The summed E-state index contributed by atoms with van der Waals surface area (Å²) in [5, 5.41) is 3.43. The Morgan fingerprint density at radius 3 is 2.42 bits per heavy atom. The topological polar surface area (TPSA) is 42.2 Å². The van der Waals surface area contributed by atoms with E-state index in [1.807, 2.05) is 41.2 Å². The molecule has 0 radical (unpaired) electrons. The molecule has 1 aromatic carbocycles. The molecular formula is C22H30N4. The third-order valence-corrected chi connectivity index (χ3v) is 4.75. The molecule has 1 N–H and O–H groups in total. The van der Waals surface area contributed by atoms with Crippen LogP contribution in [-0.2, 0) is 0 Å². The molecule has 2 heterocycles. The lowest BCUT2D eigenvalue weighted by atomic mass is 10.1. The van der Waals surface area contributed by atoms with E-state index in [4.69, 9.17) is 4.98 Å². The Morgan fingerprint density at radius 2 is 1.65 bits per heavy atom. The first-order valence-corrected chi connectivity index (χ1v) is 10.0. The van der Waals surface area contributed by atoms with E-state index in [0.29, 0.717) is 0 Å². The first-order valence-electron chi connectivity index (χ1n) is 10.0. The molecule has 0 fully saturated rings. The molecule has 138 valence electrons. The van der Waals surface area contributed by atoms with Crippen molar-refractivity contribution in [1.29, 1.82) is 0 Å². The minimum Gasteiger partial charge on any atom is -0.370 e. The fourth-order valence-corrected chi connectivity index (χ4v) is 3.21. The lowest BCUT2D eigenvalue weighted by Crippen LogP contribution is -2.04. The summed E-state index contributed by atoms with van der Waals surface area (Å²) in [6.07, 6.45) is 14.6. The summed E-state index contributed by atoms with van der Waals surface area (Å²) in [5.41, 5.74) is 3.04. The van der Waals surface area contributed by atoms with Crippen molar-refractivity contribution in [3.8, 4) is 11.3 Å². The molecule has 0 bridgehead atoms. The van der Waals surface area contributed by atoms with Crippen LogP contribution >= 0.6 is 0 Å². The molecule has 3 aromatic rings. The first kappa shape index (κ1) is 18.4. The van der Waals surface area contributed by atoms with E-state index in [9.17, 15) is 0 Å². The van der Waals surface area contributed by atoms with Crippen molar-refractivity contribution in [2.75, 3.05) is 11.9 Å². The highest BCUT2D eigenvalue weighted by atomic mass is 15.1. The lowest BCUT2D eigenvalue weighted by molar-refractivity contribution is 0.581. The zero-order valence-corrected chi connectivity index (χ0v) is 15.8. The van der Waals surface area contributed by atoms with E-state index in [1.165, 1.54) is 51.4 Å². The number of benzene rings is 1. The number of fused-ring (bicyclic) bond motifs is 1. The Labute approximate surface area is 156 Å². The molecule has 0 saturated heterocycles. The van der Waals surface area contributed by atoms with Crippen LogP contribution in [0.5, 0.6) is 0 Å². The summed E-state index contributed by atoms with van der Waals surface area (Å²) in [4.78, 5) is 9.21. The third-order valence-electron chi connectivity index (χ3n) is 4.75. The highest BCUT2D eigenvalue weighted by Crippen LogP contribution is 2.19. The highest BCUT2D eigenvalue weighted by molar-refractivity contribution is 5.63. The van der Waals surface area contributed by atoms with Crippen LogP contribution in [0.1, 0.15) is 58.3 Å². The summed E-state index contributed by atoms with van der Waals surface area (Å²) in [5.74, 6) is 0.908. The quantitative estimate of drug-likeness (QED) is 0.435. The first-order chi connectivity index (χ1) is 12.9. The van der Waals surface area contributed by atoms with E-state index >= 15 is 0 Å². The van der Waals surface area contributed by atoms with Crippen molar-refractivity contribution >= 4 is 11.5 Å². The third kappa shape index (κ3) is 5.32. The number of nitrogens with zero attached hydrogens (tertiary/aromatic N) is 3. The van der Waals surface area contributed by atoms with Gasteiger partial charge in [0.15, 0.2) is 0 Å². The maximum atomic E-state index is 4.72. The van der Waals surface area contributed by atoms with E-state index in [1.54, 1.807) is 0 Å². The Kier molecular flexibility index (Phi) is 7.05. The van der Waals surface area contributed by atoms with Gasteiger partial charge in [0, 0.05) is 24.4 Å². The Balaban J connectivity index is 1.44. The lowest BCUT2D eigenvalue weighted by Gasteiger charge is -2.05. The number of rotatable bonds is 11. The molecule has 0 unspecified atom stereocenters. The van der Waals surface area contributed by atoms with Crippen LogP contribution in [0.4, 0.5) is 5.82 Å². The fourth-order valence-electron chi connectivity index (χ4n) is 3.21. The molecule has 3 rings (SSSR count). The van der Waals surface area contributed by atoms with Crippen molar-refractivity contribution in [1.82, 2.24) is 14.4 Å². The summed E-state index contributed by atoms with van der Waals surface area (Å²) in [6.45, 7) is 3.24. The van der Waals surface area contributed by atoms with Gasteiger partial charge in [-0.2, -0.15) is 0 Å². The average molecular weight is 351 g/mol. The Bertz CT molecular complexity index is 779.